The maximum atomic E-state index is 8.60. The van der Waals surface area contributed by atoms with Crippen LogP contribution in [0.25, 0.3) is 0 Å². The summed E-state index contributed by atoms with van der Waals surface area (Å²) in [5.74, 6) is 0. The van der Waals surface area contributed by atoms with Crippen molar-refractivity contribution in [1.29, 1.82) is 5.26 Å². The van der Waals surface area contributed by atoms with Crippen LogP contribution in [0.3, 0.4) is 0 Å². The average Bonchev–Trinajstić information content (AvgIpc) is 2.25. The summed E-state index contributed by atoms with van der Waals surface area (Å²) in [6.07, 6.45) is 4.09. The lowest BCUT2D eigenvalue weighted by atomic mass is 10.1. The highest BCUT2D eigenvalue weighted by molar-refractivity contribution is 5.31. The first-order valence-electron chi connectivity index (χ1n) is 4.96. The van der Waals surface area contributed by atoms with Gasteiger partial charge in [0.15, 0.2) is 0 Å². The number of benzene rings is 1. The third kappa shape index (κ3) is 3.59. The molecule has 0 fully saturated rings. The molecule has 1 N–H and O–H groups in total. The number of unbranched alkanes of at least 4 members (excludes halogenated alkanes) is 2. The standard InChI is InChI=1S/C12H15NO/c13-10-12-7-5-11(6-8-12)4-2-1-3-9-14/h5-8,14H,1-4,9H2. The van der Waals surface area contributed by atoms with Gasteiger partial charge in [0.05, 0.1) is 11.6 Å². The van der Waals surface area contributed by atoms with Gasteiger partial charge in [-0.05, 0) is 37.0 Å². The number of hydrogen-bond donors (Lipinski definition) is 1. The van der Waals surface area contributed by atoms with Crippen molar-refractivity contribution in [3.05, 3.63) is 35.4 Å². The first-order chi connectivity index (χ1) is 6.86. The Hall–Kier alpha value is -1.33. The van der Waals surface area contributed by atoms with Gasteiger partial charge in [-0.2, -0.15) is 5.26 Å². The molecule has 0 saturated carbocycles. The molecule has 0 unspecified atom stereocenters. The zero-order valence-corrected chi connectivity index (χ0v) is 8.24. The van der Waals surface area contributed by atoms with Crippen molar-refractivity contribution in [2.24, 2.45) is 0 Å². The van der Waals surface area contributed by atoms with Crippen molar-refractivity contribution in [3.8, 4) is 6.07 Å². The molecule has 0 heterocycles. The van der Waals surface area contributed by atoms with E-state index in [1.165, 1.54) is 5.56 Å². The molecule has 0 radical (unpaired) electrons. The van der Waals surface area contributed by atoms with E-state index in [1.54, 1.807) is 0 Å². The molecule has 0 aromatic heterocycles. The monoisotopic (exact) mass is 189 g/mol. The Morgan fingerprint density at radius 2 is 1.79 bits per heavy atom. The summed E-state index contributed by atoms with van der Waals surface area (Å²) in [6, 6.07) is 9.79. The van der Waals surface area contributed by atoms with E-state index in [0.717, 1.165) is 25.7 Å². The second-order valence-electron chi connectivity index (χ2n) is 3.34. The van der Waals surface area contributed by atoms with E-state index in [0.29, 0.717) is 5.56 Å². The Morgan fingerprint density at radius 1 is 1.07 bits per heavy atom. The first kappa shape index (κ1) is 10.7. The molecule has 2 heteroatoms. The SMILES string of the molecule is N#Cc1ccc(CCCCCO)cc1. The quantitative estimate of drug-likeness (QED) is 0.722. The lowest BCUT2D eigenvalue weighted by molar-refractivity contribution is 0.283. The Balaban J connectivity index is 2.33. The van der Waals surface area contributed by atoms with Gasteiger partial charge >= 0.3 is 0 Å². The third-order valence-corrected chi connectivity index (χ3v) is 2.21. The number of hydrogen-bond acceptors (Lipinski definition) is 2. The number of aliphatic hydroxyl groups excluding tert-OH is 1. The average molecular weight is 189 g/mol. The third-order valence-electron chi connectivity index (χ3n) is 2.21. The molecular weight excluding hydrogens is 174 g/mol. The Morgan fingerprint density at radius 3 is 2.36 bits per heavy atom. The Labute approximate surface area is 84.8 Å². The fourth-order valence-corrected chi connectivity index (χ4v) is 1.36. The van der Waals surface area contributed by atoms with Crippen LogP contribution in [0.15, 0.2) is 24.3 Å². The predicted molar refractivity (Wildman–Crippen MR) is 55.8 cm³/mol. The largest absolute Gasteiger partial charge is 0.396 e. The molecule has 0 bridgehead atoms. The maximum Gasteiger partial charge on any atom is 0.0991 e. The molecule has 0 aliphatic heterocycles. The molecular formula is C12H15NO. The zero-order chi connectivity index (χ0) is 10.2. The van der Waals surface area contributed by atoms with Gasteiger partial charge < -0.3 is 5.11 Å². The number of rotatable bonds is 5. The van der Waals surface area contributed by atoms with E-state index < -0.39 is 0 Å². The smallest absolute Gasteiger partial charge is 0.0991 e. The zero-order valence-electron chi connectivity index (χ0n) is 8.24. The maximum absolute atomic E-state index is 8.60. The van der Waals surface area contributed by atoms with Gasteiger partial charge in [-0.3, -0.25) is 0 Å². The number of nitriles is 1. The Kier molecular flexibility index (Phi) is 4.74. The van der Waals surface area contributed by atoms with E-state index in [2.05, 4.69) is 6.07 Å². The van der Waals surface area contributed by atoms with Crippen LogP contribution in [0, 0.1) is 11.3 Å². The summed E-state index contributed by atoms with van der Waals surface area (Å²) in [7, 11) is 0. The van der Waals surface area contributed by atoms with Gasteiger partial charge in [-0.1, -0.05) is 18.6 Å². The minimum absolute atomic E-state index is 0.285. The van der Waals surface area contributed by atoms with Crippen molar-refractivity contribution >= 4 is 0 Å². The summed E-state index contributed by atoms with van der Waals surface area (Å²) < 4.78 is 0. The molecule has 0 spiro atoms. The second kappa shape index (κ2) is 6.17. The van der Waals surface area contributed by atoms with Crippen LogP contribution in [0.5, 0.6) is 0 Å². The van der Waals surface area contributed by atoms with E-state index in [9.17, 15) is 0 Å². The normalized spacial score (nSPS) is 9.71. The van der Waals surface area contributed by atoms with Crippen LogP contribution in [0.4, 0.5) is 0 Å². The van der Waals surface area contributed by atoms with Gasteiger partial charge in [0.2, 0.25) is 0 Å². The molecule has 1 rings (SSSR count). The Bertz CT molecular complexity index is 297. The van der Waals surface area contributed by atoms with Crippen LogP contribution in [0.1, 0.15) is 30.4 Å². The highest BCUT2D eigenvalue weighted by Crippen LogP contribution is 2.08. The lowest BCUT2D eigenvalue weighted by Gasteiger charge is -2.00. The summed E-state index contributed by atoms with van der Waals surface area (Å²) in [5.41, 5.74) is 1.98. The predicted octanol–water partition coefficient (Wildman–Crippen LogP) is 2.26. The summed E-state index contributed by atoms with van der Waals surface area (Å²) >= 11 is 0. The van der Waals surface area contributed by atoms with Crippen LogP contribution in [-0.4, -0.2) is 11.7 Å². The van der Waals surface area contributed by atoms with Crippen molar-refractivity contribution in [3.63, 3.8) is 0 Å². The van der Waals surface area contributed by atoms with Crippen molar-refractivity contribution < 1.29 is 5.11 Å². The van der Waals surface area contributed by atoms with E-state index in [-0.39, 0.29) is 6.61 Å². The fraction of sp³-hybridized carbons (Fsp3) is 0.417. The second-order valence-corrected chi connectivity index (χ2v) is 3.34. The molecule has 1 aromatic rings. The first-order valence-corrected chi connectivity index (χ1v) is 4.96. The van der Waals surface area contributed by atoms with Gasteiger partial charge in [0.25, 0.3) is 0 Å². The summed E-state index contributed by atoms with van der Waals surface area (Å²) in [6.45, 7) is 0.285. The van der Waals surface area contributed by atoms with E-state index in [4.69, 9.17) is 10.4 Å². The van der Waals surface area contributed by atoms with Gasteiger partial charge in [0.1, 0.15) is 0 Å². The van der Waals surface area contributed by atoms with Crippen LogP contribution < -0.4 is 0 Å². The van der Waals surface area contributed by atoms with Gasteiger partial charge in [0, 0.05) is 6.61 Å². The molecule has 0 aliphatic rings. The van der Waals surface area contributed by atoms with Crippen LogP contribution in [-0.2, 0) is 6.42 Å². The number of aliphatic hydroxyl groups is 1. The highest BCUT2D eigenvalue weighted by Gasteiger charge is 1.94. The molecule has 0 aliphatic carbocycles. The number of aryl methyl sites for hydroxylation is 1. The van der Waals surface area contributed by atoms with Gasteiger partial charge in [-0.25, -0.2) is 0 Å². The molecule has 74 valence electrons. The van der Waals surface area contributed by atoms with Crippen LogP contribution >= 0.6 is 0 Å². The molecule has 2 nitrogen and oxygen atoms in total. The molecule has 0 atom stereocenters. The summed E-state index contributed by atoms with van der Waals surface area (Å²) in [4.78, 5) is 0. The number of nitrogens with zero attached hydrogens (tertiary/aromatic N) is 1. The van der Waals surface area contributed by atoms with Crippen molar-refractivity contribution in [1.82, 2.24) is 0 Å². The minimum atomic E-state index is 0.285. The van der Waals surface area contributed by atoms with Gasteiger partial charge in [-0.15, -0.1) is 0 Å². The highest BCUT2D eigenvalue weighted by atomic mass is 16.2. The summed E-state index contributed by atoms with van der Waals surface area (Å²) in [5, 5.41) is 17.2. The van der Waals surface area contributed by atoms with E-state index in [1.807, 2.05) is 24.3 Å². The topological polar surface area (TPSA) is 44.0 Å². The van der Waals surface area contributed by atoms with Crippen molar-refractivity contribution in [2.75, 3.05) is 6.61 Å². The molecule has 0 amide bonds. The fourth-order valence-electron chi connectivity index (χ4n) is 1.36. The molecule has 1 aromatic carbocycles. The molecule has 14 heavy (non-hydrogen) atoms. The van der Waals surface area contributed by atoms with E-state index >= 15 is 0 Å². The molecule has 0 saturated heterocycles. The lowest BCUT2D eigenvalue weighted by Crippen LogP contribution is -1.88. The van der Waals surface area contributed by atoms with Crippen molar-refractivity contribution in [2.45, 2.75) is 25.7 Å². The minimum Gasteiger partial charge on any atom is -0.396 e. The van der Waals surface area contributed by atoms with Crippen LogP contribution in [0.2, 0.25) is 0 Å².